The monoisotopic (exact) mass is 467 g/mol. The number of nitrogens with two attached hydrogens (primary N) is 1. The molecule has 3 aromatic rings. The largest absolute Gasteiger partial charge is 0.490 e. The average molecular weight is 468 g/mol. The Labute approximate surface area is 201 Å². The van der Waals surface area contributed by atoms with Crippen molar-refractivity contribution >= 4 is 16.8 Å². The van der Waals surface area contributed by atoms with Crippen molar-refractivity contribution in [2.24, 2.45) is 5.73 Å². The summed E-state index contributed by atoms with van der Waals surface area (Å²) >= 11 is 0. The zero-order valence-electron chi connectivity index (χ0n) is 20.5. The van der Waals surface area contributed by atoms with Gasteiger partial charge in [0.25, 0.3) is 5.91 Å². The lowest BCUT2D eigenvalue weighted by Gasteiger charge is -2.17. The van der Waals surface area contributed by atoms with Crippen molar-refractivity contribution in [1.29, 1.82) is 0 Å². The summed E-state index contributed by atoms with van der Waals surface area (Å²) in [5, 5.41) is 13.6. The summed E-state index contributed by atoms with van der Waals surface area (Å²) in [6.45, 7) is 8.76. The second-order valence-electron chi connectivity index (χ2n) is 8.51. The van der Waals surface area contributed by atoms with Crippen LogP contribution in [0.25, 0.3) is 10.9 Å². The first-order chi connectivity index (χ1) is 16.5. The van der Waals surface area contributed by atoms with E-state index in [0.29, 0.717) is 38.3 Å². The number of nitrogens with one attached hydrogen (secondary N) is 1. The number of primary amides is 1. The number of aliphatic hydroxyl groups is 1. The molecule has 0 aliphatic heterocycles. The summed E-state index contributed by atoms with van der Waals surface area (Å²) in [7, 11) is 0. The third kappa shape index (κ3) is 6.52. The fourth-order valence-corrected chi connectivity index (χ4v) is 4.20. The lowest BCUT2D eigenvalue weighted by atomic mass is 10.0. The minimum absolute atomic E-state index is 0.105. The van der Waals surface area contributed by atoms with Crippen LogP contribution in [-0.4, -0.2) is 48.0 Å². The van der Waals surface area contributed by atoms with E-state index >= 15 is 0 Å². The summed E-state index contributed by atoms with van der Waals surface area (Å²) in [6, 6.07) is 12.3. The van der Waals surface area contributed by atoms with Crippen LogP contribution in [0.1, 0.15) is 48.7 Å². The lowest BCUT2D eigenvalue weighted by molar-refractivity contribution is 0.100. The number of fused-ring (bicyclic) bond motifs is 1. The van der Waals surface area contributed by atoms with Gasteiger partial charge >= 0.3 is 0 Å². The van der Waals surface area contributed by atoms with Crippen LogP contribution in [0.2, 0.25) is 0 Å². The fraction of sp³-hybridized carbons (Fsp3) is 0.444. The standard InChI is InChI=1S/C27H37N3O4/c1-4-20-7-8-24(25(18-20)33-5-2)34-14-10-29-19(3)15-21-16-22-9-12-30(11-6-13-31)26(22)23(17-21)27(28)32/h7-9,12,16-19,29,31H,4-6,10-11,13-15H2,1-3H3,(H2,28,32). The number of amides is 1. The molecule has 0 fully saturated rings. The molecule has 1 aromatic heterocycles. The van der Waals surface area contributed by atoms with Gasteiger partial charge < -0.3 is 30.2 Å². The van der Waals surface area contributed by atoms with Crippen LogP contribution in [0, 0.1) is 0 Å². The van der Waals surface area contributed by atoms with Crippen molar-refractivity contribution < 1.29 is 19.4 Å². The molecule has 0 radical (unpaired) electrons. The molecule has 1 heterocycles. The van der Waals surface area contributed by atoms with Crippen LogP contribution in [0.4, 0.5) is 0 Å². The van der Waals surface area contributed by atoms with E-state index in [0.717, 1.165) is 40.8 Å². The van der Waals surface area contributed by atoms with Crippen molar-refractivity contribution in [1.82, 2.24) is 9.88 Å². The first-order valence-electron chi connectivity index (χ1n) is 12.1. The summed E-state index contributed by atoms with van der Waals surface area (Å²) in [6.07, 6.45) is 4.28. The lowest BCUT2D eigenvalue weighted by Crippen LogP contribution is -2.32. The highest BCUT2D eigenvalue weighted by molar-refractivity contribution is 6.05. The van der Waals surface area contributed by atoms with Gasteiger partial charge in [0.15, 0.2) is 11.5 Å². The van der Waals surface area contributed by atoms with Gasteiger partial charge in [0, 0.05) is 37.3 Å². The molecule has 34 heavy (non-hydrogen) atoms. The number of nitrogens with zero attached hydrogens (tertiary/aromatic N) is 1. The molecule has 1 atom stereocenters. The van der Waals surface area contributed by atoms with Gasteiger partial charge in [0.1, 0.15) is 6.61 Å². The minimum atomic E-state index is -0.441. The van der Waals surface area contributed by atoms with Crippen LogP contribution < -0.4 is 20.5 Å². The van der Waals surface area contributed by atoms with Crippen molar-refractivity contribution in [2.45, 2.75) is 52.6 Å². The molecule has 1 amide bonds. The molecule has 0 bridgehead atoms. The van der Waals surface area contributed by atoms with E-state index in [1.54, 1.807) is 0 Å². The third-order valence-corrected chi connectivity index (χ3v) is 5.85. The molecule has 0 spiro atoms. The molecule has 2 aromatic carbocycles. The van der Waals surface area contributed by atoms with E-state index in [1.165, 1.54) is 5.56 Å². The van der Waals surface area contributed by atoms with Gasteiger partial charge in [0.2, 0.25) is 0 Å². The number of rotatable bonds is 14. The number of aliphatic hydroxyl groups excluding tert-OH is 1. The first-order valence-corrected chi connectivity index (χ1v) is 12.1. The number of aryl methyl sites for hydroxylation is 2. The van der Waals surface area contributed by atoms with Crippen molar-refractivity contribution in [3.05, 3.63) is 59.3 Å². The number of carbonyl (C=O) groups is 1. The number of hydrogen-bond acceptors (Lipinski definition) is 5. The predicted octanol–water partition coefficient (Wildman–Crippen LogP) is 3.68. The highest BCUT2D eigenvalue weighted by Crippen LogP contribution is 2.28. The first kappa shape index (κ1) is 25.6. The number of aromatic nitrogens is 1. The summed E-state index contributed by atoms with van der Waals surface area (Å²) in [5.41, 5.74) is 9.32. The Kier molecular flexibility index (Phi) is 9.36. The number of ether oxygens (including phenoxy) is 2. The maximum Gasteiger partial charge on any atom is 0.250 e. The zero-order valence-corrected chi connectivity index (χ0v) is 20.5. The van der Waals surface area contributed by atoms with E-state index < -0.39 is 5.91 Å². The van der Waals surface area contributed by atoms with Gasteiger partial charge in [-0.3, -0.25) is 4.79 Å². The second-order valence-corrected chi connectivity index (χ2v) is 8.51. The van der Waals surface area contributed by atoms with Gasteiger partial charge in [-0.15, -0.1) is 0 Å². The molecular weight excluding hydrogens is 430 g/mol. The van der Waals surface area contributed by atoms with Gasteiger partial charge in [0.05, 0.1) is 17.7 Å². The maximum atomic E-state index is 12.2. The number of carbonyl (C=O) groups excluding carboxylic acids is 1. The van der Waals surface area contributed by atoms with E-state index in [2.05, 4.69) is 31.3 Å². The molecule has 7 nitrogen and oxygen atoms in total. The average Bonchev–Trinajstić information content (AvgIpc) is 3.23. The molecule has 7 heteroatoms. The van der Waals surface area contributed by atoms with Crippen LogP contribution in [0.15, 0.2) is 42.6 Å². The Morgan fingerprint density at radius 2 is 1.94 bits per heavy atom. The SMILES string of the molecule is CCOc1cc(CC)ccc1OCCNC(C)Cc1cc(C(N)=O)c2c(ccn2CCCO)c1. The predicted molar refractivity (Wildman–Crippen MR) is 136 cm³/mol. The summed E-state index contributed by atoms with van der Waals surface area (Å²) < 4.78 is 13.7. The Bertz CT molecular complexity index is 1090. The zero-order chi connectivity index (χ0) is 24.5. The number of hydrogen-bond donors (Lipinski definition) is 3. The molecule has 0 saturated heterocycles. The van der Waals surface area contributed by atoms with Crippen molar-refractivity contribution in [3.8, 4) is 11.5 Å². The van der Waals surface area contributed by atoms with E-state index in [9.17, 15) is 4.79 Å². The summed E-state index contributed by atoms with van der Waals surface area (Å²) in [4.78, 5) is 12.2. The van der Waals surface area contributed by atoms with E-state index in [4.69, 9.17) is 20.3 Å². The molecular formula is C27H37N3O4. The maximum absolute atomic E-state index is 12.2. The molecule has 0 aliphatic rings. The Hall–Kier alpha value is -3.03. The highest BCUT2D eigenvalue weighted by Gasteiger charge is 2.15. The quantitative estimate of drug-likeness (QED) is 0.314. The molecule has 1 unspecified atom stereocenters. The smallest absolute Gasteiger partial charge is 0.250 e. The van der Waals surface area contributed by atoms with E-state index in [-0.39, 0.29) is 12.6 Å². The third-order valence-electron chi connectivity index (χ3n) is 5.85. The Morgan fingerprint density at radius 1 is 1.12 bits per heavy atom. The highest BCUT2D eigenvalue weighted by atomic mass is 16.5. The summed E-state index contributed by atoms with van der Waals surface area (Å²) in [5.74, 6) is 1.10. The Balaban J connectivity index is 1.59. The number of benzene rings is 2. The molecule has 184 valence electrons. The van der Waals surface area contributed by atoms with Gasteiger partial charge in [-0.2, -0.15) is 0 Å². The second kappa shape index (κ2) is 12.4. The van der Waals surface area contributed by atoms with Crippen LogP contribution >= 0.6 is 0 Å². The van der Waals surface area contributed by atoms with E-state index in [1.807, 2.05) is 42.0 Å². The normalized spacial score (nSPS) is 12.1. The van der Waals surface area contributed by atoms with Crippen LogP contribution in [-0.2, 0) is 19.4 Å². The molecule has 0 saturated carbocycles. The van der Waals surface area contributed by atoms with Crippen molar-refractivity contribution in [3.63, 3.8) is 0 Å². The molecule has 0 aliphatic carbocycles. The van der Waals surface area contributed by atoms with Crippen LogP contribution in [0.3, 0.4) is 0 Å². The molecule has 3 rings (SSSR count). The van der Waals surface area contributed by atoms with Crippen LogP contribution in [0.5, 0.6) is 11.5 Å². The van der Waals surface area contributed by atoms with Crippen molar-refractivity contribution in [2.75, 3.05) is 26.4 Å². The van der Waals surface area contributed by atoms with Gasteiger partial charge in [-0.1, -0.05) is 13.0 Å². The topological polar surface area (TPSA) is 98.7 Å². The van der Waals surface area contributed by atoms with Gasteiger partial charge in [-0.25, -0.2) is 0 Å². The van der Waals surface area contributed by atoms with Gasteiger partial charge in [-0.05, 0) is 74.6 Å². The fourth-order valence-electron chi connectivity index (χ4n) is 4.20. The minimum Gasteiger partial charge on any atom is -0.490 e. The Morgan fingerprint density at radius 3 is 2.65 bits per heavy atom. The molecule has 4 N–H and O–H groups in total.